The van der Waals surface area contributed by atoms with Crippen LogP contribution in [-0.2, 0) is 0 Å². The van der Waals surface area contributed by atoms with Crippen LogP contribution in [0.15, 0.2) is 34.9 Å². The molecule has 0 atom stereocenters. The molecule has 0 radical (unpaired) electrons. The van der Waals surface area contributed by atoms with E-state index in [4.69, 9.17) is 16.3 Å². The van der Waals surface area contributed by atoms with Gasteiger partial charge in [-0.1, -0.05) is 11.6 Å². The van der Waals surface area contributed by atoms with Gasteiger partial charge in [0.2, 0.25) is 0 Å². The molecule has 0 aliphatic heterocycles. The van der Waals surface area contributed by atoms with E-state index in [0.717, 1.165) is 0 Å². The molecule has 2 aromatic rings. The lowest BCUT2D eigenvalue weighted by atomic mass is 10.2. The van der Waals surface area contributed by atoms with E-state index in [1.54, 1.807) is 0 Å². The van der Waals surface area contributed by atoms with E-state index in [1.165, 1.54) is 37.6 Å². The predicted octanol–water partition coefficient (Wildman–Crippen LogP) is 3.67. The highest BCUT2D eigenvalue weighted by molar-refractivity contribution is 9.10. The number of amides is 1. The number of hydrogen-bond donors (Lipinski definition) is 1. The maximum absolute atomic E-state index is 12.3. The fourth-order valence-electron chi connectivity index (χ4n) is 1.68. The summed E-state index contributed by atoms with van der Waals surface area (Å²) in [5.41, 5.74) is 0.122. The zero-order valence-corrected chi connectivity index (χ0v) is 13.5. The van der Waals surface area contributed by atoms with Crippen molar-refractivity contribution in [2.45, 2.75) is 0 Å². The summed E-state index contributed by atoms with van der Waals surface area (Å²) < 4.78 is 5.65. The van der Waals surface area contributed by atoms with Gasteiger partial charge in [0.15, 0.2) is 0 Å². The second-order valence-corrected chi connectivity index (χ2v) is 5.36. The molecule has 1 aromatic carbocycles. The third-order valence-electron chi connectivity index (χ3n) is 2.69. The van der Waals surface area contributed by atoms with Gasteiger partial charge < -0.3 is 10.1 Å². The quantitative estimate of drug-likeness (QED) is 0.491. The molecule has 0 saturated heterocycles. The number of hydrogen-bond acceptors (Lipinski definition) is 5. The maximum Gasteiger partial charge on any atom is 0.271 e. The van der Waals surface area contributed by atoms with Crippen LogP contribution in [0.4, 0.5) is 11.4 Å². The normalized spacial score (nSPS) is 10.1. The van der Waals surface area contributed by atoms with Crippen molar-refractivity contribution in [2.24, 2.45) is 0 Å². The van der Waals surface area contributed by atoms with Crippen LogP contribution in [0.5, 0.6) is 5.75 Å². The topological polar surface area (TPSA) is 94.4 Å². The Morgan fingerprint density at radius 2 is 2.18 bits per heavy atom. The summed E-state index contributed by atoms with van der Waals surface area (Å²) in [5, 5.41) is 13.4. The van der Waals surface area contributed by atoms with Gasteiger partial charge in [-0.15, -0.1) is 0 Å². The van der Waals surface area contributed by atoms with Crippen molar-refractivity contribution < 1.29 is 14.5 Å². The molecule has 0 unspecified atom stereocenters. The lowest BCUT2D eigenvalue weighted by Gasteiger charge is -2.10. The van der Waals surface area contributed by atoms with E-state index >= 15 is 0 Å². The first-order valence-electron chi connectivity index (χ1n) is 5.87. The number of carbonyl (C=O) groups is 1. The molecule has 9 heteroatoms. The minimum atomic E-state index is -0.567. The molecule has 0 aliphatic carbocycles. The SMILES string of the molecule is COc1ccc([N+](=O)[O-])cc1NC(=O)c1cc(Br)cnc1Cl. The van der Waals surface area contributed by atoms with E-state index in [9.17, 15) is 14.9 Å². The molecule has 0 bridgehead atoms. The summed E-state index contributed by atoms with van der Waals surface area (Å²) in [7, 11) is 1.39. The fourth-order valence-corrected chi connectivity index (χ4v) is 2.20. The third kappa shape index (κ3) is 3.52. The van der Waals surface area contributed by atoms with E-state index in [-0.39, 0.29) is 27.8 Å². The number of anilines is 1. The average molecular weight is 387 g/mol. The molecule has 2 rings (SSSR count). The highest BCUT2D eigenvalue weighted by Gasteiger charge is 2.17. The average Bonchev–Trinajstić information content (AvgIpc) is 2.49. The number of halogens is 2. The summed E-state index contributed by atoms with van der Waals surface area (Å²) in [4.78, 5) is 26.4. The number of aromatic nitrogens is 1. The zero-order chi connectivity index (χ0) is 16.3. The second-order valence-electron chi connectivity index (χ2n) is 4.09. The lowest BCUT2D eigenvalue weighted by Crippen LogP contribution is -2.14. The van der Waals surface area contributed by atoms with Gasteiger partial charge in [0.25, 0.3) is 11.6 Å². The first-order valence-corrected chi connectivity index (χ1v) is 7.04. The van der Waals surface area contributed by atoms with E-state index in [1.807, 2.05) is 0 Å². The van der Waals surface area contributed by atoms with Crippen LogP contribution < -0.4 is 10.1 Å². The van der Waals surface area contributed by atoms with Gasteiger partial charge >= 0.3 is 0 Å². The smallest absolute Gasteiger partial charge is 0.271 e. The van der Waals surface area contributed by atoms with Crippen LogP contribution in [0.1, 0.15) is 10.4 Å². The number of nitrogens with one attached hydrogen (secondary N) is 1. The van der Waals surface area contributed by atoms with E-state index in [2.05, 4.69) is 26.2 Å². The molecule has 0 spiro atoms. The Bertz CT molecular complexity index is 754. The van der Waals surface area contributed by atoms with Crippen LogP contribution in [0.25, 0.3) is 0 Å². The minimum absolute atomic E-state index is 0.0186. The molecule has 7 nitrogen and oxygen atoms in total. The number of pyridine rings is 1. The molecule has 1 heterocycles. The van der Waals surface area contributed by atoms with Crippen molar-refractivity contribution in [3.8, 4) is 5.75 Å². The Balaban J connectivity index is 2.36. The van der Waals surface area contributed by atoms with Crippen LogP contribution >= 0.6 is 27.5 Å². The second kappa shape index (κ2) is 6.71. The van der Waals surface area contributed by atoms with Crippen molar-refractivity contribution in [2.75, 3.05) is 12.4 Å². The van der Waals surface area contributed by atoms with Gasteiger partial charge in [0, 0.05) is 22.8 Å². The van der Waals surface area contributed by atoms with Gasteiger partial charge in [-0.05, 0) is 28.1 Å². The Morgan fingerprint density at radius 3 is 2.82 bits per heavy atom. The minimum Gasteiger partial charge on any atom is -0.495 e. The molecule has 1 N–H and O–H groups in total. The highest BCUT2D eigenvalue weighted by atomic mass is 79.9. The first-order chi connectivity index (χ1) is 10.4. The summed E-state index contributed by atoms with van der Waals surface area (Å²) in [6, 6.07) is 5.38. The molecular weight excluding hydrogens is 378 g/mol. The monoisotopic (exact) mass is 385 g/mol. The molecule has 0 saturated carbocycles. The van der Waals surface area contributed by atoms with Gasteiger partial charge in [0.1, 0.15) is 10.9 Å². The standard InChI is InChI=1S/C13H9BrClN3O4/c1-22-11-3-2-8(18(20)21)5-10(11)17-13(19)9-4-7(14)6-16-12(9)15/h2-6H,1H3,(H,17,19). The van der Waals surface area contributed by atoms with Gasteiger partial charge in [-0.3, -0.25) is 14.9 Å². The molecule has 1 amide bonds. The number of methoxy groups -OCH3 is 1. The van der Waals surface area contributed by atoms with Crippen molar-refractivity contribution in [1.82, 2.24) is 4.98 Å². The lowest BCUT2D eigenvalue weighted by molar-refractivity contribution is -0.384. The van der Waals surface area contributed by atoms with E-state index < -0.39 is 10.8 Å². The number of nitro benzene ring substituents is 1. The van der Waals surface area contributed by atoms with Crippen molar-refractivity contribution in [1.29, 1.82) is 0 Å². The summed E-state index contributed by atoms with van der Waals surface area (Å²) in [5.74, 6) is -0.268. The number of rotatable bonds is 4. The number of nitrogens with zero attached hydrogens (tertiary/aromatic N) is 2. The number of benzene rings is 1. The molecule has 114 valence electrons. The summed E-state index contributed by atoms with van der Waals surface area (Å²) in [6.07, 6.45) is 1.45. The van der Waals surface area contributed by atoms with Gasteiger partial charge in [-0.25, -0.2) is 4.98 Å². The Morgan fingerprint density at radius 1 is 1.45 bits per heavy atom. The van der Waals surface area contributed by atoms with Crippen molar-refractivity contribution in [3.05, 3.63) is 55.8 Å². The zero-order valence-electron chi connectivity index (χ0n) is 11.2. The largest absolute Gasteiger partial charge is 0.495 e. The molecular formula is C13H9BrClN3O4. The molecule has 0 aliphatic rings. The van der Waals surface area contributed by atoms with Crippen LogP contribution in [-0.4, -0.2) is 22.9 Å². The summed E-state index contributed by atoms with van der Waals surface area (Å²) in [6.45, 7) is 0. The maximum atomic E-state index is 12.3. The molecule has 1 aromatic heterocycles. The van der Waals surface area contributed by atoms with Gasteiger partial charge in [-0.2, -0.15) is 0 Å². The van der Waals surface area contributed by atoms with Crippen LogP contribution in [0.3, 0.4) is 0 Å². The highest BCUT2D eigenvalue weighted by Crippen LogP contribution is 2.30. The number of carbonyl (C=O) groups excluding carboxylic acids is 1. The first kappa shape index (κ1) is 16.2. The van der Waals surface area contributed by atoms with Crippen molar-refractivity contribution >= 4 is 44.8 Å². The summed E-state index contributed by atoms with van der Waals surface area (Å²) >= 11 is 9.07. The van der Waals surface area contributed by atoms with Gasteiger partial charge in [0.05, 0.1) is 23.3 Å². The number of nitro groups is 1. The Labute approximate surface area is 138 Å². The predicted molar refractivity (Wildman–Crippen MR) is 84.5 cm³/mol. The molecule has 22 heavy (non-hydrogen) atoms. The van der Waals surface area contributed by atoms with Crippen molar-refractivity contribution in [3.63, 3.8) is 0 Å². The Hall–Kier alpha value is -2.19. The molecule has 0 fully saturated rings. The third-order valence-corrected chi connectivity index (χ3v) is 3.43. The number of ether oxygens (including phenoxy) is 1. The van der Waals surface area contributed by atoms with Crippen LogP contribution in [0.2, 0.25) is 5.15 Å². The fraction of sp³-hybridized carbons (Fsp3) is 0.0769. The van der Waals surface area contributed by atoms with E-state index in [0.29, 0.717) is 4.47 Å². The Kier molecular flexibility index (Phi) is 4.94. The van der Waals surface area contributed by atoms with Crippen LogP contribution in [0, 0.1) is 10.1 Å². The number of non-ortho nitro benzene ring substituents is 1.